The standard InChI is InChI=1S/C16H30N2O4S/c1-12(2)10-13(15(19)18-8-6-5-7-9-18)14(16(20)21)11-17(3)23(4)22/h12-14H,5-11H2,1-4H3,(H,20,21)/t13?,14-,23?/m0/s1. The van der Waals surface area contributed by atoms with Crippen molar-refractivity contribution in [2.24, 2.45) is 17.8 Å². The van der Waals surface area contributed by atoms with Crippen LogP contribution >= 0.6 is 0 Å². The molecule has 1 aliphatic heterocycles. The second-order valence-electron chi connectivity index (χ2n) is 6.80. The van der Waals surface area contributed by atoms with E-state index in [-0.39, 0.29) is 18.4 Å². The lowest BCUT2D eigenvalue weighted by Crippen LogP contribution is -2.46. The molecule has 0 radical (unpaired) electrons. The van der Waals surface area contributed by atoms with Crippen molar-refractivity contribution in [2.45, 2.75) is 39.5 Å². The van der Waals surface area contributed by atoms with Crippen molar-refractivity contribution in [3.63, 3.8) is 0 Å². The van der Waals surface area contributed by atoms with Gasteiger partial charge in [-0.15, -0.1) is 0 Å². The van der Waals surface area contributed by atoms with Crippen LogP contribution in [-0.4, -0.2) is 63.3 Å². The molecule has 0 spiro atoms. The summed E-state index contributed by atoms with van der Waals surface area (Å²) in [7, 11) is 0.379. The van der Waals surface area contributed by atoms with Crippen LogP contribution in [0.4, 0.5) is 0 Å². The van der Waals surface area contributed by atoms with Crippen LogP contribution in [0.25, 0.3) is 0 Å². The molecule has 7 heteroatoms. The number of amides is 1. The number of aliphatic carboxylic acids is 1. The normalized spacial score (nSPS) is 19.7. The lowest BCUT2D eigenvalue weighted by Gasteiger charge is -2.34. The smallest absolute Gasteiger partial charge is 0.308 e. The quantitative estimate of drug-likeness (QED) is 0.724. The molecular formula is C16H30N2O4S. The van der Waals surface area contributed by atoms with Crippen LogP contribution in [-0.2, 0) is 20.6 Å². The first-order chi connectivity index (χ1) is 10.7. The zero-order valence-electron chi connectivity index (χ0n) is 14.7. The Morgan fingerprint density at radius 2 is 1.74 bits per heavy atom. The van der Waals surface area contributed by atoms with Crippen molar-refractivity contribution in [3.05, 3.63) is 0 Å². The lowest BCUT2D eigenvalue weighted by atomic mass is 9.83. The molecule has 0 aromatic heterocycles. The summed E-state index contributed by atoms with van der Waals surface area (Å²) in [5, 5.41) is 9.64. The molecule has 1 amide bonds. The fourth-order valence-electron chi connectivity index (χ4n) is 3.05. The first-order valence-electron chi connectivity index (χ1n) is 8.30. The van der Waals surface area contributed by atoms with E-state index in [4.69, 9.17) is 0 Å². The third-order valence-electron chi connectivity index (χ3n) is 4.41. The molecule has 0 aromatic rings. The van der Waals surface area contributed by atoms with Crippen LogP contribution in [0.1, 0.15) is 39.5 Å². The van der Waals surface area contributed by atoms with Gasteiger partial charge in [-0.1, -0.05) is 13.8 Å². The molecule has 23 heavy (non-hydrogen) atoms. The number of carboxylic acid groups (broad SMARTS) is 1. The van der Waals surface area contributed by atoms with Gasteiger partial charge in [0.05, 0.1) is 22.8 Å². The Hall–Kier alpha value is -0.950. The van der Waals surface area contributed by atoms with Crippen molar-refractivity contribution < 1.29 is 18.9 Å². The molecule has 0 bridgehead atoms. The molecule has 134 valence electrons. The van der Waals surface area contributed by atoms with Crippen molar-refractivity contribution in [1.82, 2.24) is 9.21 Å². The molecule has 0 aliphatic carbocycles. The summed E-state index contributed by atoms with van der Waals surface area (Å²) in [6, 6.07) is 0. The summed E-state index contributed by atoms with van der Waals surface area (Å²) in [5.74, 6) is -2.20. The maximum atomic E-state index is 12.9. The molecule has 6 nitrogen and oxygen atoms in total. The predicted octanol–water partition coefficient (Wildman–Crippen LogP) is 1.59. The molecule has 0 saturated carbocycles. The highest BCUT2D eigenvalue weighted by Gasteiger charge is 2.37. The maximum absolute atomic E-state index is 12.9. The number of carboxylic acids is 1. The van der Waals surface area contributed by atoms with Gasteiger partial charge < -0.3 is 10.0 Å². The van der Waals surface area contributed by atoms with Crippen molar-refractivity contribution in [3.8, 4) is 0 Å². The Labute approximate surface area is 141 Å². The molecule has 1 fully saturated rings. The summed E-state index contributed by atoms with van der Waals surface area (Å²) in [5.41, 5.74) is 0. The van der Waals surface area contributed by atoms with Gasteiger partial charge in [-0.2, -0.15) is 0 Å². The monoisotopic (exact) mass is 346 g/mol. The van der Waals surface area contributed by atoms with Crippen molar-refractivity contribution in [1.29, 1.82) is 0 Å². The molecule has 1 rings (SSSR count). The van der Waals surface area contributed by atoms with E-state index in [0.29, 0.717) is 6.42 Å². The van der Waals surface area contributed by atoms with Crippen LogP contribution in [0.3, 0.4) is 0 Å². The Morgan fingerprint density at radius 3 is 2.17 bits per heavy atom. The molecule has 1 N–H and O–H groups in total. The number of hydrogen-bond acceptors (Lipinski definition) is 3. The van der Waals surface area contributed by atoms with Gasteiger partial charge in [0, 0.05) is 25.9 Å². The van der Waals surface area contributed by atoms with Gasteiger partial charge in [0.15, 0.2) is 0 Å². The minimum Gasteiger partial charge on any atom is -0.481 e. The van der Waals surface area contributed by atoms with Crippen LogP contribution in [0, 0.1) is 17.8 Å². The summed E-state index contributed by atoms with van der Waals surface area (Å²) in [6.45, 7) is 5.55. The topological polar surface area (TPSA) is 77.9 Å². The Balaban J connectivity index is 2.96. The third-order valence-corrected chi connectivity index (χ3v) is 5.43. The number of nitrogens with zero attached hydrogens (tertiary/aromatic N) is 2. The van der Waals surface area contributed by atoms with Crippen molar-refractivity contribution >= 4 is 22.9 Å². The molecule has 1 saturated heterocycles. The predicted molar refractivity (Wildman–Crippen MR) is 91.2 cm³/mol. The van der Waals surface area contributed by atoms with Gasteiger partial charge in [-0.3, -0.25) is 9.59 Å². The number of piperidine rings is 1. The van der Waals surface area contributed by atoms with Gasteiger partial charge in [-0.25, -0.2) is 8.51 Å². The molecule has 0 aromatic carbocycles. The minimum absolute atomic E-state index is 0.0546. The number of hydrogen-bond donors (Lipinski definition) is 1. The highest BCUT2D eigenvalue weighted by molar-refractivity contribution is 7.81. The summed E-state index contributed by atoms with van der Waals surface area (Å²) < 4.78 is 13.1. The maximum Gasteiger partial charge on any atom is 0.308 e. The second kappa shape index (κ2) is 9.37. The van der Waals surface area contributed by atoms with E-state index >= 15 is 0 Å². The molecular weight excluding hydrogens is 316 g/mol. The van der Waals surface area contributed by atoms with Gasteiger partial charge in [0.25, 0.3) is 0 Å². The van der Waals surface area contributed by atoms with Gasteiger partial charge in [0.2, 0.25) is 5.91 Å². The van der Waals surface area contributed by atoms with E-state index in [2.05, 4.69) is 0 Å². The average Bonchev–Trinajstić information content (AvgIpc) is 2.49. The zero-order valence-corrected chi connectivity index (χ0v) is 15.5. The van der Waals surface area contributed by atoms with Gasteiger partial charge in [0.1, 0.15) is 0 Å². The van der Waals surface area contributed by atoms with Gasteiger partial charge >= 0.3 is 5.97 Å². The van der Waals surface area contributed by atoms with E-state index in [9.17, 15) is 18.9 Å². The minimum atomic E-state index is -1.25. The zero-order chi connectivity index (χ0) is 17.6. The number of carbonyl (C=O) groups excluding carboxylic acids is 1. The summed E-state index contributed by atoms with van der Waals surface area (Å²) in [4.78, 5) is 26.5. The molecule has 1 aliphatic rings. The van der Waals surface area contributed by atoms with E-state index in [1.165, 1.54) is 10.6 Å². The lowest BCUT2D eigenvalue weighted by molar-refractivity contribution is -0.151. The Kier molecular flexibility index (Phi) is 8.19. The highest BCUT2D eigenvalue weighted by Crippen LogP contribution is 2.26. The largest absolute Gasteiger partial charge is 0.481 e. The molecule has 2 unspecified atom stereocenters. The number of likely N-dealkylation sites (tertiary alicyclic amines) is 1. The molecule has 3 atom stereocenters. The summed E-state index contributed by atoms with van der Waals surface area (Å²) >= 11 is 0. The Bertz CT molecular complexity index is 436. The first-order valence-corrected chi connectivity index (χ1v) is 9.81. The highest BCUT2D eigenvalue weighted by atomic mass is 32.2. The van der Waals surface area contributed by atoms with E-state index in [1.54, 1.807) is 7.05 Å². The van der Waals surface area contributed by atoms with Gasteiger partial charge in [-0.05, 0) is 38.6 Å². The van der Waals surface area contributed by atoms with E-state index in [0.717, 1.165) is 32.4 Å². The van der Waals surface area contributed by atoms with E-state index in [1.807, 2.05) is 18.7 Å². The van der Waals surface area contributed by atoms with Crippen LogP contribution in [0.2, 0.25) is 0 Å². The SMILES string of the molecule is CC(C)CC(C(=O)N1CCCCC1)[C@H](CN(C)S(C)=O)C(=O)O. The van der Waals surface area contributed by atoms with Crippen LogP contribution in [0.15, 0.2) is 0 Å². The van der Waals surface area contributed by atoms with E-state index < -0.39 is 28.8 Å². The van der Waals surface area contributed by atoms with Crippen LogP contribution in [0.5, 0.6) is 0 Å². The van der Waals surface area contributed by atoms with Crippen LogP contribution < -0.4 is 0 Å². The second-order valence-corrected chi connectivity index (χ2v) is 8.27. The molecule has 1 heterocycles. The third kappa shape index (κ3) is 6.22. The number of carbonyl (C=O) groups is 2. The average molecular weight is 346 g/mol. The first kappa shape index (κ1) is 20.1. The Morgan fingerprint density at radius 1 is 1.17 bits per heavy atom. The fraction of sp³-hybridized carbons (Fsp3) is 0.875. The summed E-state index contributed by atoms with van der Waals surface area (Å²) in [6.07, 6.45) is 5.14. The fourth-order valence-corrected chi connectivity index (χ4v) is 3.42. The number of rotatable bonds is 8. The van der Waals surface area contributed by atoms with Crippen molar-refractivity contribution in [2.75, 3.05) is 32.9 Å².